The fourth-order valence-corrected chi connectivity index (χ4v) is 2.12. The Morgan fingerprint density at radius 2 is 2.35 bits per heavy atom. The number of nitrogens with one attached hydrogen (secondary N) is 1. The van der Waals surface area contributed by atoms with Crippen molar-refractivity contribution in [2.75, 3.05) is 20.2 Å². The number of ether oxygens (including phenoxy) is 2. The molecule has 1 aromatic carbocycles. The van der Waals surface area contributed by atoms with Gasteiger partial charge in [0.2, 0.25) is 0 Å². The molecule has 2 rings (SSSR count). The molecule has 0 spiro atoms. The van der Waals surface area contributed by atoms with Gasteiger partial charge in [0.25, 0.3) is 0 Å². The quantitative estimate of drug-likeness (QED) is 0.795. The van der Waals surface area contributed by atoms with Gasteiger partial charge >= 0.3 is 0 Å². The molecule has 0 radical (unpaired) electrons. The van der Waals surface area contributed by atoms with Crippen LogP contribution in [0.5, 0.6) is 11.5 Å². The first kappa shape index (κ1) is 12.2. The maximum absolute atomic E-state index is 5.98. The fourth-order valence-electron chi connectivity index (χ4n) is 2.12. The third-order valence-corrected chi connectivity index (χ3v) is 3.10. The Bertz CT molecular complexity index is 365. The molecule has 0 aromatic heterocycles. The Hall–Kier alpha value is -1.22. The molecule has 1 N–H and O–H groups in total. The SMILES string of the molecule is CCCNCC1CCc2ccc(OC)cc2O1. The molecule has 1 unspecified atom stereocenters. The van der Waals surface area contributed by atoms with Gasteiger partial charge in [-0.2, -0.15) is 0 Å². The van der Waals surface area contributed by atoms with Crippen LogP contribution in [0.3, 0.4) is 0 Å². The van der Waals surface area contributed by atoms with Crippen LogP contribution in [0.4, 0.5) is 0 Å². The van der Waals surface area contributed by atoms with E-state index in [2.05, 4.69) is 18.3 Å². The van der Waals surface area contributed by atoms with Gasteiger partial charge in [0.1, 0.15) is 17.6 Å². The first-order valence-corrected chi connectivity index (χ1v) is 6.37. The number of aryl methyl sites for hydroxylation is 1. The molecule has 17 heavy (non-hydrogen) atoms. The van der Waals surface area contributed by atoms with E-state index < -0.39 is 0 Å². The molecule has 1 aliphatic rings. The van der Waals surface area contributed by atoms with Crippen molar-refractivity contribution in [1.29, 1.82) is 0 Å². The maximum Gasteiger partial charge on any atom is 0.126 e. The van der Waals surface area contributed by atoms with Crippen molar-refractivity contribution >= 4 is 0 Å². The minimum absolute atomic E-state index is 0.293. The zero-order valence-corrected chi connectivity index (χ0v) is 10.7. The van der Waals surface area contributed by atoms with Gasteiger partial charge in [-0.05, 0) is 37.4 Å². The number of hydrogen-bond donors (Lipinski definition) is 1. The second-order valence-electron chi connectivity index (χ2n) is 4.46. The molecule has 3 nitrogen and oxygen atoms in total. The number of fused-ring (bicyclic) bond motifs is 1. The lowest BCUT2D eigenvalue weighted by molar-refractivity contribution is 0.170. The monoisotopic (exact) mass is 235 g/mol. The van der Waals surface area contributed by atoms with Crippen LogP contribution in [-0.2, 0) is 6.42 Å². The van der Waals surface area contributed by atoms with Crippen molar-refractivity contribution in [3.05, 3.63) is 23.8 Å². The van der Waals surface area contributed by atoms with Gasteiger partial charge in [-0.25, -0.2) is 0 Å². The molecule has 0 bridgehead atoms. The molecule has 0 saturated heterocycles. The molecule has 0 aliphatic carbocycles. The van der Waals surface area contributed by atoms with Crippen LogP contribution in [0.15, 0.2) is 18.2 Å². The van der Waals surface area contributed by atoms with E-state index in [1.54, 1.807) is 7.11 Å². The summed E-state index contributed by atoms with van der Waals surface area (Å²) in [6, 6.07) is 6.09. The summed E-state index contributed by atoms with van der Waals surface area (Å²) in [5.74, 6) is 1.85. The third kappa shape index (κ3) is 3.13. The zero-order chi connectivity index (χ0) is 12.1. The van der Waals surface area contributed by atoms with Crippen LogP contribution >= 0.6 is 0 Å². The van der Waals surface area contributed by atoms with Gasteiger partial charge in [0.05, 0.1) is 7.11 Å². The van der Waals surface area contributed by atoms with Crippen molar-refractivity contribution < 1.29 is 9.47 Å². The van der Waals surface area contributed by atoms with Gasteiger partial charge in [-0.15, -0.1) is 0 Å². The molecule has 94 valence electrons. The minimum atomic E-state index is 0.293. The molecular formula is C14H21NO2. The standard InChI is InChI=1S/C14H21NO2/c1-3-8-15-10-13-7-5-11-4-6-12(16-2)9-14(11)17-13/h4,6,9,13,15H,3,5,7-8,10H2,1-2H3. The van der Waals surface area contributed by atoms with E-state index in [4.69, 9.17) is 9.47 Å². The van der Waals surface area contributed by atoms with Gasteiger partial charge in [0, 0.05) is 12.6 Å². The van der Waals surface area contributed by atoms with Crippen molar-refractivity contribution in [2.24, 2.45) is 0 Å². The van der Waals surface area contributed by atoms with E-state index in [-0.39, 0.29) is 0 Å². The number of rotatable bonds is 5. The third-order valence-electron chi connectivity index (χ3n) is 3.10. The van der Waals surface area contributed by atoms with Crippen molar-refractivity contribution in [3.63, 3.8) is 0 Å². The lowest BCUT2D eigenvalue weighted by atomic mass is 10.0. The Balaban J connectivity index is 1.96. The van der Waals surface area contributed by atoms with Crippen LogP contribution in [0.2, 0.25) is 0 Å². The summed E-state index contributed by atoms with van der Waals surface area (Å²) in [6.07, 6.45) is 3.64. The molecule has 1 atom stereocenters. The Morgan fingerprint density at radius 1 is 1.47 bits per heavy atom. The average Bonchev–Trinajstić information content (AvgIpc) is 2.38. The summed E-state index contributed by atoms with van der Waals surface area (Å²) >= 11 is 0. The van der Waals surface area contributed by atoms with E-state index in [9.17, 15) is 0 Å². The zero-order valence-electron chi connectivity index (χ0n) is 10.7. The normalized spacial score (nSPS) is 18.4. The van der Waals surface area contributed by atoms with Crippen molar-refractivity contribution in [3.8, 4) is 11.5 Å². The van der Waals surface area contributed by atoms with Crippen LogP contribution < -0.4 is 14.8 Å². The number of benzene rings is 1. The Kier molecular flexibility index (Phi) is 4.26. The highest BCUT2D eigenvalue weighted by atomic mass is 16.5. The maximum atomic E-state index is 5.98. The second kappa shape index (κ2) is 5.92. The molecular weight excluding hydrogens is 214 g/mol. The predicted molar refractivity (Wildman–Crippen MR) is 68.9 cm³/mol. The lowest BCUT2D eigenvalue weighted by Gasteiger charge is -2.26. The van der Waals surface area contributed by atoms with Crippen molar-refractivity contribution in [1.82, 2.24) is 5.32 Å². The largest absolute Gasteiger partial charge is 0.497 e. The summed E-state index contributed by atoms with van der Waals surface area (Å²) < 4.78 is 11.2. The molecule has 1 aliphatic heterocycles. The van der Waals surface area contributed by atoms with Crippen molar-refractivity contribution in [2.45, 2.75) is 32.3 Å². The molecule has 0 saturated carbocycles. The van der Waals surface area contributed by atoms with Crippen LogP contribution in [0.25, 0.3) is 0 Å². The van der Waals surface area contributed by atoms with E-state index in [1.807, 2.05) is 12.1 Å². The highest BCUT2D eigenvalue weighted by Gasteiger charge is 2.19. The molecule has 0 fully saturated rings. The summed E-state index contributed by atoms with van der Waals surface area (Å²) in [7, 11) is 1.69. The fraction of sp³-hybridized carbons (Fsp3) is 0.571. The highest BCUT2D eigenvalue weighted by molar-refractivity contribution is 5.42. The summed E-state index contributed by atoms with van der Waals surface area (Å²) in [5, 5.41) is 3.41. The first-order chi connectivity index (χ1) is 8.33. The van der Waals surface area contributed by atoms with E-state index in [1.165, 1.54) is 5.56 Å². The average molecular weight is 235 g/mol. The summed E-state index contributed by atoms with van der Waals surface area (Å²) in [6.45, 7) is 4.17. The van der Waals surface area contributed by atoms with Gasteiger partial charge in [-0.3, -0.25) is 0 Å². The summed E-state index contributed by atoms with van der Waals surface area (Å²) in [4.78, 5) is 0. The Labute approximate surface area is 103 Å². The number of hydrogen-bond acceptors (Lipinski definition) is 3. The van der Waals surface area contributed by atoms with Crippen LogP contribution in [0, 0.1) is 0 Å². The topological polar surface area (TPSA) is 30.5 Å². The van der Waals surface area contributed by atoms with Gasteiger partial charge in [-0.1, -0.05) is 13.0 Å². The minimum Gasteiger partial charge on any atom is -0.497 e. The predicted octanol–water partition coefficient (Wildman–Crippen LogP) is 2.39. The smallest absolute Gasteiger partial charge is 0.126 e. The van der Waals surface area contributed by atoms with E-state index >= 15 is 0 Å². The van der Waals surface area contributed by atoms with Crippen LogP contribution in [0.1, 0.15) is 25.3 Å². The highest BCUT2D eigenvalue weighted by Crippen LogP contribution is 2.30. The lowest BCUT2D eigenvalue weighted by Crippen LogP contribution is -2.34. The Morgan fingerprint density at radius 3 is 3.12 bits per heavy atom. The molecule has 1 heterocycles. The van der Waals surface area contributed by atoms with Gasteiger partial charge in [0.15, 0.2) is 0 Å². The van der Waals surface area contributed by atoms with E-state index in [0.29, 0.717) is 6.10 Å². The number of methoxy groups -OCH3 is 1. The summed E-state index contributed by atoms with van der Waals surface area (Å²) in [5.41, 5.74) is 1.29. The molecule has 1 aromatic rings. The molecule has 0 amide bonds. The van der Waals surface area contributed by atoms with E-state index in [0.717, 1.165) is 43.9 Å². The molecule has 3 heteroatoms. The second-order valence-corrected chi connectivity index (χ2v) is 4.46. The first-order valence-electron chi connectivity index (χ1n) is 6.37. The van der Waals surface area contributed by atoms with Crippen LogP contribution in [-0.4, -0.2) is 26.3 Å². The van der Waals surface area contributed by atoms with Gasteiger partial charge < -0.3 is 14.8 Å².